The Balaban J connectivity index is 2.06. The molecule has 2 heteroatoms. The summed E-state index contributed by atoms with van der Waals surface area (Å²) in [5.74, 6) is 0.0289. The lowest BCUT2D eigenvalue weighted by atomic mass is 9.97. The molecule has 25 heavy (non-hydrogen) atoms. The zero-order valence-corrected chi connectivity index (χ0v) is 14.3. The number of hydrogen-bond donors (Lipinski definition) is 0. The molecular weight excluding hydrogens is 306 g/mol. The number of allylic oxidation sites excluding steroid dienone is 1. The minimum atomic E-state index is 0.0289. The number of carbonyl (C=O) groups is 1. The second kappa shape index (κ2) is 8.11. The molecule has 3 aromatic rings. The Morgan fingerprint density at radius 2 is 1.24 bits per heavy atom. The van der Waals surface area contributed by atoms with E-state index in [-0.39, 0.29) is 5.78 Å². The smallest absolute Gasteiger partial charge is 0.195 e. The summed E-state index contributed by atoms with van der Waals surface area (Å²) >= 11 is 0. The van der Waals surface area contributed by atoms with Gasteiger partial charge in [-0.2, -0.15) is 0 Å². The Kier molecular flexibility index (Phi) is 5.43. The highest BCUT2D eigenvalue weighted by atomic mass is 16.1. The van der Waals surface area contributed by atoms with E-state index in [9.17, 15) is 4.79 Å². The Morgan fingerprint density at radius 1 is 0.760 bits per heavy atom. The Bertz CT molecular complexity index is 839. The monoisotopic (exact) mass is 327 g/mol. The quantitative estimate of drug-likeness (QED) is 0.444. The van der Waals surface area contributed by atoms with E-state index in [0.29, 0.717) is 11.1 Å². The molecule has 3 aromatic carbocycles. The fraction of sp³-hybridized carbons (Fsp3) is 0.0870. The van der Waals surface area contributed by atoms with E-state index in [2.05, 4.69) is 24.0 Å². The minimum absolute atomic E-state index is 0.0289. The van der Waals surface area contributed by atoms with Crippen LogP contribution >= 0.6 is 0 Å². The van der Waals surface area contributed by atoms with Crippen molar-refractivity contribution >= 4 is 17.0 Å². The lowest BCUT2D eigenvalue weighted by Gasteiger charge is -2.20. The first-order chi connectivity index (χ1) is 12.3. The second-order valence-electron chi connectivity index (χ2n) is 5.73. The van der Waals surface area contributed by atoms with Gasteiger partial charge < -0.3 is 4.90 Å². The van der Waals surface area contributed by atoms with Gasteiger partial charge in [0.1, 0.15) is 0 Å². The summed E-state index contributed by atoms with van der Waals surface area (Å²) in [4.78, 5) is 15.2. The first-order valence-electron chi connectivity index (χ1n) is 8.48. The van der Waals surface area contributed by atoms with Crippen LogP contribution in [0.1, 0.15) is 22.8 Å². The number of hydrogen-bond acceptors (Lipinski definition) is 2. The average Bonchev–Trinajstić information content (AvgIpc) is 2.70. The molecule has 0 aliphatic rings. The molecule has 0 fully saturated rings. The van der Waals surface area contributed by atoms with Crippen molar-refractivity contribution in [3.05, 3.63) is 108 Å². The maximum atomic E-state index is 13.1. The van der Waals surface area contributed by atoms with Crippen molar-refractivity contribution in [2.24, 2.45) is 0 Å². The largest absolute Gasteiger partial charge is 0.347 e. The van der Waals surface area contributed by atoms with Gasteiger partial charge in [0.25, 0.3) is 0 Å². The van der Waals surface area contributed by atoms with Crippen molar-refractivity contribution in [3.8, 4) is 0 Å². The Labute approximate surface area is 149 Å². The van der Waals surface area contributed by atoms with Crippen molar-refractivity contribution < 1.29 is 4.79 Å². The van der Waals surface area contributed by atoms with Gasteiger partial charge in [-0.25, -0.2) is 0 Å². The highest BCUT2D eigenvalue weighted by Gasteiger charge is 2.16. The van der Waals surface area contributed by atoms with Gasteiger partial charge in [0.2, 0.25) is 0 Å². The summed E-state index contributed by atoms with van der Waals surface area (Å²) in [6, 6.07) is 29.4. The van der Waals surface area contributed by atoms with Crippen molar-refractivity contribution in [2.45, 2.75) is 6.92 Å². The molecule has 0 spiro atoms. The molecule has 0 radical (unpaired) electrons. The molecule has 3 rings (SSSR count). The standard InChI is InChI=1S/C23H21NO/c1-2-24(21-16-10-5-11-17-21)18-22(19-12-6-3-7-13-19)23(25)20-14-8-4-9-15-20/h3-18H,2H2,1H3/b22-18+. The van der Waals surface area contributed by atoms with Crippen molar-refractivity contribution in [3.63, 3.8) is 0 Å². The third-order valence-electron chi connectivity index (χ3n) is 4.08. The summed E-state index contributed by atoms with van der Waals surface area (Å²) in [7, 11) is 0. The van der Waals surface area contributed by atoms with Crippen LogP contribution in [0.3, 0.4) is 0 Å². The fourth-order valence-corrected chi connectivity index (χ4v) is 2.75. The third-order valence-corrected chi connectivity index (χ3v) is 4.08. The SMILES string of the molecule is CCN(/C=C(/C(=O)c1ccccc1)c1ccccc1)c1ccccc1. The number of rotatable bonds is 6. The van der Waals surface area contributed by atoms with Gasteiger partial charge in [0, 0.05) is 29.6 Å². The van der Waals surface area contributed by atoms with E-state index >= 15 is 0 Å². The summed E-state index contributed by atoms with van der Waals surface area (Å²) in [5.41, 5.74) is 3.38. The first kappa shape index (κ1) is 16.7. The molecule has 0 aliphatic heterocycles. The van der Waals surface area contributed by atoms with Crippen LogP contribution in [0.5, 0.6) is 0 Å². The van der Waals surface area contributed by atoms with Gasteiger partial charge in [0.15, 0.2) is 5.78 Å². The lowest BCUT2D eigenvalue weighted by Crippen LogP contribution is -2.17. The van der Waals surface area contributed by atoms with Crippen molar-refractivity contribution in [1.82, 2.24) is 0 Å². The lowest BCUT2D eigenvalue weighted by molar-refractivity contribution is 0.105. The van der Waals surface area contributed by atoms with Crippen LogP contribution in [0.2, 0.25) is 0 Å². The van der Waals surface area contributed by atoms with E-state index in [0.717, 1.165) is 17.8 Å². The fourth-order valence-electron chi connectivity index (χ4n) is 2.75. The molecule has 0 atom stereocenters. The summed E-state index contributed by atoms with van der Waals surface area (Å²) in [6.45, 7) is 2.86. The molecule has 0 aromatic heterocycles. The number of benzene rings is 3. The minimum Gasteiger partial charge on any atom is -0.347 e. The predicted molar refractivity (Wildman–Crippen MR) is 105 cm³/mol. The third kappa shape index (κ3) is 4.04. The van der Waals surface area contributed by atoms with E-state index in [4.69, 9.17) is 0 Å². The number of Topliss-reactive ketones (excluding diaryl/α,β-unsaturated/α-hetero) is 1. The molecule has 0 N–H and O–H groups in total. The maximum Gasteiger partial charge on any atom is 0.195 e. The second-order valence-corrected chi connectivity index (χ2v) is 5.73. The molecule has 2 nitrogen and oxygen atoms in total. The van der Waals surface area contributed by atoms with Gasteiger partial charge in [-0.1, -0.05) is 78.9 Å². The highest BCUT2D eigenvalue weighted by Crippen LogP contribution is 2.23. The number of nitrogens with zero attached hydrogens (tertiary/aromatic N) is 1. The van der Waals surface area contributed by atoms with Crippen molar-refractivity contribution in [1.29, 1.82) is 0 Å². The van der Waals surface area contributed by atoms with Gasteiger partial charge >= 0.3 is 0 Å². The van der Waals surface area contributed by atoms with E-state index in [1.165, 1.54) is 0 Å². The normalized spacial score (nSPS) is 11.2. The number of carbonyl (C=O) groups excluding carboxylic acids is 1. The average molecular weight is 327 g/mol. The molecule has 0 saturated carbocycles. The molecule has 0 bridgehead atoms. The first-order valence-corrected chi connectivity index (χ1v) is 8.48. The molecule has 0 aliphatic carbocycles. The number of ketones is 1. The molecule has 124 valence electrons. The zero-order valence-electron chi connectivity index (χ0n) is 14.3. The van der Waals surface area contributed by atoms with E-state index in [1.54, 1.807) is 0 Å². The van der Waals surface area contributed by atoms with Gasteiger partial charge in [-0.3, -0.25) is 4.79 Å². The molecule has 0 unspecified atom stereocenters. The predicted octanol–water partition coefficient (Wildman–Crippen LogP) is 5.44. The summed E-state index contributed by atoms with van der Waals surface area (Å²) in [5, 5.41) is 0. The number of para-hydroxylation sites is 1. The summed E-state index contributed by atoms with van der Waals surface area (Å²) in [6.07, 6.45) is 1.96. The van der Waals surface area contributed by atoms with Crippen LogP contribution in [0.15, 0.2) is 97.2 Å². The molecule has 0 saturated heterocycles. The van der Waals surface area contributed by atoms with Crippen LogP contribution in [-0.2, 0) is 0 Å². The topological polar surface area (TPSA) is 20.3 Å². The zero-order chi connectivity index (χ0) is 17.5. The Hall–Kier alpha value is -3.13. The highest BCUT2D eigenvalue weighted by molar-refractivity contribution is 6.29. The van der Waals surface area contributed by atoms with Gasteiger partial charge in [-0.15, -0.1) is 0 Å². The van der Waals surface area contributed by atoms with Crippen LogP contribution in [0, 0.1) is 0 Å². The van der Waals surface area contributed by atoms with Crippen LogP contribution in [0.4, 0.5) is 5.69 Å². The van der Waals surface area contributed by atoms with E-state index in [1.807, 2.05) is 85.1 Å². The maximum absolute atomic E-state index is 13.1. The molecule has 0 heterocycles. The summed E-state index contributed by atoms with van der Waals surface area (Å²) < 4.78 is 0. The van der Waals surface area contributed by atoms with E-state index < -0.39 is 0 Å². The Morgan fingerprint density at radius 3 is 1.76 bits per heavy atom. The van der Waals surface area contributed by atoms with Crippen molar-refractivity contribution in [2.75, 3.05) is 11.4 Å². The molecular formula is C23H21NO. The number of anilines is 1. The van der Waals surface area contributed by atoms with Crippen LogP contribution in [-0.4, -0.2) is 12.3 Å². The molecule has 0 amide bonds. The van der Waals surface area contributed by atoms with Crippen LogP contribution < -0.4 is 4.90 Å². The van der Waals surface area contributed by atoms with Gasteiger partial charge in [-0.05, 0) is 24.6 Å². The van der Waals surface area contributed by atoms with Crippen LogP contribution in [0.25, 0.3) is 5.57 Å². The van der Waals surface area contributed by atoms with Gasteiger partial charge in [0.05, 0.1) is 0 Å².